The van der Waals surface area contributed by atoms with Crippen LogP contribution in [0.5, 0.6) is 0 Å². The van der Waals surface area contributed by atoms with Crippen molar-refractivity contribution in [1.29, 1.82) is 0 Å². The summed E-state index contributed by atoms with van der Waals surface area (Å²) in [5, 5.41) is 2.46. The first-order valence-corrected chi connectivity index (χ1v) is 9.74. The number of hydrogen-bond acceptors (Lipinski definition) is 6. The van der Waals surface area contributed by atoms with Gasteiger partial charge < -0.3 is 19.9 Å². The van der Waals surface area contributed by atoms with E-state index < -0.39 is 18.5 Å². The van der Waals surface area contributed by atoms with Crippen LogP contribution in [-0.4, -0.2) is 71.4 Å². The number of amides is 3. The highest BCUT2D eigenvalue weighted by molar-refractivity contribution is 8.13. The summed E-state index contributed by atoms with van der Waals surface area (Å²) in [5.41, 5.74) is 0.729. The molecule has 0 bridgehead atoms. The van der Waals surface area contributed by atoms with Gasteiger partial charge in [0.05, 0.1) is 6.54 Å². The van der Waals surface area contributed by atoms with Crippen LogP contribution < -0.4 is 5.32 Å². The number of halogens is 1. The van der Waals surface area contributed by atoms with Gasteiger partial charge in [-0.2, -0.15) is 0 Å². The highest BCUT2D eigenvalue weighted by atomic mass is 32.2. The van der Waals surface area contributed by atoms with Crippen LogP contribution in [0, 0.1) is 5.82 Å². The average Bonchev–Trinajstić information content (AvgIpc) is 3.08. The third kappa shape index (κ3) is 6.84. The Balaban J connectivity index is 1.72. The largest absolute Gasteiger partial charge is 0.454 e. The molecular formula is C18H22FN3O5S. The normalized spacial score (nSPS) is 13.4. The molecule has 0 unspecified atom stereocenters. The van der Waals surface area contributed by atoms with Gasteiger partial charge >= 0.3 is 5.97 Å². The number of thioether (sulfide) groups is 1. The Kier molecular flexibility index (Phi) is 8.24. The van der Waals surface area contributed by atoms with E-state index in [0.29, 0.717) is 12.3 Å². The number of carbonyl (C=O) groups excluding carboxylic acids is 4. The van der Waals surface area contributed by atoms with Crippen molar-refractivity contribution in [3.8, 4) is 0 Å². The number of rotatable bonds is 9. The molecule has 1 heterocycles. The molecule has 0 spiro atoms. The van der Waals surface area contributed by atoms with Gasteiger partial charge in [0.15, 0.2) is 6.61 Å². The molecule has 1 aromatic rings. The number of benzene rings is 1. The minimum atomic E-state index is -0.666. The van der Waals surface area contributed by atoms with E-state index in [0.717, 1.165) is 17.3 Å². The maximum atomic E-state index is 12.9. The average molecular weight is 411 g/mol. The molecule has 1 N–H and O–H groups in total. The molecule has 28 heavy (non-hydrogen) atoms. The molecule has 1 saturated heterocycles. The molecule has 152 valence electrons. The summed E-state index contributed by atoms with van der Waals surface area (Å²) in [4.78, 5) is 50.0. The first-order valence-electron chi connectivity index (χ1n) is 8.75. The minimum absolute atomic E-state index is 0.184. The van der Waals surface area contributed by atoms with E-state index in [4.69, 9.17) is 4.74 Å². The van der Waals surface area contributed by atoms with Crippen molar-refractivity contribution in [3.05, 3.63) is 35.6 Å². The molecule has 0 atom stereocenters. The van der Waals surface area contributed by atoms with Crippen LogP contribution in [0.1, 0.15) is 12.5 Å². The van der Waals surface area contributed by atoms with Gasteiger partial charge in [-0.3, -0.25) is 19.2 Å². The fourth-order valence-electron chi connectivity index (χ4n) is 2.41. The summed E-state index contributed by atoms with van der Waals surface area (Å²) < 4.78 is 17.8. The zero-order valence-electron chi connectivity index (χ0n) is 15.5. The third-order valence-electron chi connectivity index (χ3n) is 3.99. The number of carbonyl (C=O) groups is 4. The van der Waals surface area contributed by atoms with Crippen LogP contribution in [0.15, 0.2) is 24.3 Å². The Hall–Kier alpha value is -2.62. The molecule has 0 aliphatic carbocycles. The van der Waals surface area contributed by atoms with Crippen molar-refractivity contribution < 1.29 is 28.3 Å². The van der Waals surface area contributed by atoms with Crippen molar-refractivity contribution in [2.24, 2.45) is 0 Å². The zero-order chi connectivity index (χ0) is 20.5. The monoisotopic (exact) mass is 411 g/mol. The van der Waals surface area contributed by atoms with Crippen LogP contribution in [0.4, 0.5) is 9.18 Å². The van der Waals surface area contributed by atoms with Crippen molar-refractivity contribution in [3.63, 3.8) is 0 Å². The molecule has 2 rings (SSSR count). The van der Waals surface area contributed by atoms with Crippen LogP contribution in [0.25, 0.3) is 0 Å². The van der Waals surface area contributed by atoms with Crippen LogP contribution in [-0.2, 0) is 25.7 Å². The van der Waals surface area contributed by atoms with E-state index >= 15 is 0 Å². The van der Waals surface area contributed by atoms with Gasteiger partial charge in [0.2, 0.25) is 5.91 Å². The van der Waals surface area contributed by atoms with Gasteiger partial charge in [-0.1, -0.05) is 23.9 Å². The quantitative estimate of drug-likeness (QED) is 0.609. The first-order chi connectivity index (χ1) is 13.4. The molecule has 1 aliphatic rings. The topological polar surface area (TPSA) is 96.0 Å². The SMILES string of the molecule is CCN(CC(=O)NCc1ccc(F)cc1)C(=O)COC(=O)CN1CCSC1=O. The summed E-state index contributed by atoms with van der Waals surface area (Å²) in [6, 6.07) is 5.71. The predicted molar refractivity (Wildman–Crippen MR) is 101 cm³/mol. The second-order valence-corrected chi connectivity index (χ2v) is 7.05. The van der Waals surface area contributed by atoms with Gasteiger partial charge in [-0.25, -0.2) is 4.39 Å². The van der Waals surface area contributed by atoms with Crippen molar-refractivity contribution in [2.75, 3.05) is 38.5 Å². The molecule has 10 heteroatoms. The molecule has 1 aliphatic heterocycles. The Morgan fingerprint density at radius 3 is 2.61 bits per heavy atom. The molecular weight excluding hydrogens is 389 g/mol. The molecule has 1 fully saturated rings. The van der Waals surface area contributed by atoms with Crippen LogP contribution >= 0.6 is 11.8 Å². The van der Waals surface area contributed by atoms with Gasteiger partial charge in [0.25, 0.3) is 11.1 Å². The summed E-state index contributed by atoms with van der Waals surface area (Å²) in [7, 11) is 0. The molecule has 1 aromatic carbocycles. The van der Waals surface area contributed by atoms with Crippen LogP contribution in [0.2, 0.25) is 0 Å². The fourth-order valence-corrected chi connectivity index (χ4v) is 3.24. The molecule has 0 radical (unpaired) electrons. The van der Waals surface area contributed by atoms with E-state index in [1.54, 1.807) is 19.1 Å². The number of esters is 1. The highest BCUT2D eigenvalue weighted by Crippen LogP contribution is 2.16. The van der Waals surface area contributed by atoms with E-state index in [1.165, 1.54) is 21.9 Å². The number of ether oxygens (including phenoxy) is 1. The second-order valence-electron chi connectivity index (χ2n) is 6.01. The minimum Gasteiger partial charge on any atom is -0.454 e. The lowest BCUT2D eigenvalue weighted by atomic mass is 10.2. The zero-order valence-corrected chi connectivity index (χ0v) is 16.3. The van der Waals surface area contributed by atoms with Crippen molar-refractivity contribution in [2.45, 2.75) is 13.5 Å². The predicted octanol–water partition coefficient (Wildman–Crippen LogP) is 1.00. The van der Waals surface area contributed by atoms with Crippen LogP contribution in [0.3, 0.4) is 0 Å². The summed E-state index contributed by atoms with van der Waals surface area (Å²) in [5.74, 6) is -1.29. The summed E-state index contributed by atoms with van der Waals surface area (Å²) in [6.07, 6.45) is 0. The third-order valence-corrected chi connectivity index (χ3v) is 4.89. The maximum Gasteiger partial charge on any atom is 0.326 e. The Bertz CT molecular complexity index is 728. The van der Waals surface area contributed by atoms with E-state index in [-0.39, 0.29) is 43.1 Å². The van der Waals surface area contributed by atoms with Crippen molar-refractivity contribution in [1.82, 2.24) is 15.1 Å². The number of hydrogen-bond donors (Lipinski definition) is 1. The lowest BCUT2D eigenvalue weighted by molar-refractivity contribution is -0.152. The van der Waals surface area contributed by atoms with Gasteiger partial charge in [0, 0.05) is 25.4 Å². The van der Waals surface area contributed by atoms with Gasteiger partial charge in [0.1, 0.15) is 12.4 Å². The lowest BCUT2D eigenvalue weighted by Crippen LogP contribution is -2.42. The maximum absolute atomic E-state index is 12.9. The van der Waals surface area contributed by atoms with E-state index in [1.807, 2.05) is 0 Å². The number of likely N-dealkylation sites (N-methyl/N-ethyl adjacent to an activating group) is 1. The number of nitrogens with zero attached hydrogens (tertiary/aromatic N) is 2. The highest BCUT2D eigenvalue weighted by Gasteiger charge is 2.24. The van der Waals surface area contributed by atoms with Crippen molar-refractivity contribution >= 4 is 34.8 Å². The van der Waals surface area contributed by atoms with Gasteiger partial charge in [-0.15, -0.1) is 0 Å². The number of nitrogens with one attached hydrogen (secondary N) is 1. The molecule has 3 amide bonds. The Morgan fingerprint density at radius 2 is 2.00 bits per heavy atom. The summed E-state index contributed by atoms with van der Waals surface area (Å²) in [6.45, 7) is 1.78. The first kappa shape index (κ1) is 21.7. The molecule has 0 saturated carbocycles. The summed E-state index contributed by atoms with van der Waals surface area (Å²) >= 11 is 1.13. The Morgan fingerprint density at radius 1 is 1.29 bits per heavy atom. The standard InChI is InChI=1S/C18H22FN3O5S/c1-2-21(10-15(23)20-9-13-3-5-14(19)6-4-13)16(24)12-27-17(25)11-22-7-8-28-18(22)26/h3-6H,2,7-12H2,1H3,(H,20,23). The second kappa shape index (κ2) is 10.6. The fraction of sp³-hybridized carbons (Fsp3) is 0.444. The molecule has 8 nitrogen and oxygen atoms in total. The Labute approximate surface area is 166 Å². The van der Waals surface area contributed by atoms with E-state index in [2.05, 4.69) is 5.32 Å². The van der Waals surface area contributed by atoms with Gasteiger partial charge in [-0.05, 0) is 24.6 Å². The smallest absolute Gasteiger partial charge is 0.326 e. The lowest BCUT2D eigenvalue weighted by Gasteiger charge is -2.20. The van der Waals surface area contributed by atoms with E-state index in [9.17, 15) is 23.6 Å². The molecule has 0 aromatic heterocycles.